The fourth-order valence-electron chi connectivity index (χ4n) is 2.21. The van der Waals surface area contributed by atoms with E-state index in [1.54, 1.807) is 57.5 Å². The third-order valence-electron chi connectivity index (χ3n) is 3.43. The van der Waals surface area contributed by atoms with Gasteiger partial charge in [0.2, 0.25) is 0 Å². The summed E-state index contributed by atoms with van der Waals surface area (Å²) in [7, 11) is -2.17. The first-order valence-electron chi connectivity index (χ1n) is 7.36. The lowest BCUT2D eigenvalue weighted by Crippen LogP contribution is -2.15. The van der Waals surface area contributed by atoms with E-state index >= 15 is 0 Å². The summed E-state index contributed by atoms with van der Waals surface area (Å²) in [6.07, 6.45) is 3.29. The van der Waals surface area contributed by atoms with Gasteiger partial charge in [-0.2, -0.15) is 0 Å². The molecular formula is C17H21N3O3S. The molecule has 2 N–H and O–H groups in total. The van der Waals surface area contributed by atoms with Crippen LogP contribution >= 0.6 is 0 Å². The molecule has 24 heavy (non-hydrogen) atoms. The van der Waals surface area contributed by atoms with Crippen molar-refractivity contribution in [1.82, 2.24) is 4.98 Å². The second-order valence-corrected chi connectivity index (χ2v) is 6.95. The van der Waals surface area contributed by atoms with Gasteiger partial charge in [0.05, 0.1) is 23.9 Å². The van der Waals surface area contributed by atoms with Gasteiger partial charge in [-0.3, -0.25) is 4.72 Å². The molecule has 0 unspecified atom stereocenters. The standard InChI is InChI=1S/C17H21N3O3S/c1-5-8-18-14-6-7-17(19-11-14)20-24(21,22)16-10-12(2)15(23-4)9-13(16)3/h5-7,9-11,18H,1,8H2,2-4H3,(H,19,20). The Morgan fingerprint density at radius 2 is 2.00 bits per heavy atom. The van der Waals surface area contributed by atoms with Crippen LogP contribution in [0.1, 0.15) is 11.1 Å². The predicted molar refractivity (Wildman–Crippen MR) is 96.2 cm³/mol. The summed E-state index contributed by atoms with van der Waals surface area (Å²) >= 11 is 0. The Hall–Kier alpha value is -2.54. The smallest absolute Gasteiger partial charge is 0.263 e. The van der Waals surface area contributed by atoms with E-state index in [0.29, 0.717) is 17.9 Å². The molecule has 2 aromatic rings. The van der Waals surface area contributed by atoms with Crippen LogP contribution in [-0.2, 0) is 10.0 Å². The molecule has 0 saturated heterocycles. The summed E-state index contributed by atoms with van der Waals surface area (Å²) in [6.45, 7) is 7.76. The SMILES string of the molecule is C=CCNc1ccc(NS(=O)(=O)c2cc(C)c(OC)cc2C)nc1. The highest BCUT2D eigenvalue weighted by molar-refractivity contribution is 7.92. The van der Waals surface area contributed by atoms with E-state index in [1.165, 1.54) is 0 Å². The van der Waals surface area contributed by atoms with E-state index in [4.69, 9.17) is 4.74 Å². The van der Waals surface area contributed by atoms with E-state index in [2.05, 4.69) is 21.6 Å². The van der Waals surface area contributed by atoms with E-state index < -0.39 is 10.0 Å². The van der Waals surface area contributed by atoms with Gasteiger partial charge in [0.15, 0.2) is 0 Å². The van der Waals surface area contributed by atoms with E-state index in [0.717, 1.165) is 11.3 Å². The molecule has 1 aromatic carbocycles. The number of hydrogen-bond donors (Lipinski definition) is 2. The maximum atomic E-state index is 12.6. The maximum Gasteiger partial charge on any atom is 0.263 e. The van der Waals surface area contributed by atoms with Crippen LogP contribution in [0.25, 0.3) is 0 Å². The van der Waals surface area contributed by atoms with Crippen molar-refractivity contribution in [2.75, 3.05) is 23.7 Å². The Morgan fingerprint density at radius 1 is 1.25 bits per heavy atom. The summed E-state index contributed by atoms with van der Waals surface area (Å²) in [5, 5.41) is 3.07. The average Bonchev–Trinajstić information content (AvgIpc) is 2.55. The number of nitrogens with zero attached hydrogens (tertiary/aromatic N) is 1. The van der Waals surface area contributed by atoms with Gasteiger partial charge >= 0.3 is 0 Å². The zero-order valence-electron chi connectivity index (χ0n) is 14.0. The maximum absolute atomic E-state index is 12.6. The number of methoxy groups -OCH3 is 1. The minimum atomic E-state index is -3.73. The summed E-state index contributed by atoms with van der Waals surface area (Å²) in [5.74, 6) is 0.911. The number of hydrogen-bond acceptors (Lipinski definition) is 5. The fourth-order valence-corrected chi connectivity index (χ4v) is 3.53. The third-order valence-corrected chi connectivity index (χ3v) is 4.93. The van der Waals surface area contributed by atoms with Crippen molar-refractivity contribution in [2.45, 2.75) is 18.7 Å². The van der Waals surface area contributed by atoms with Crippen molar-refractivity contribution >= 4 is 21.5 Å². The van der Waals surface area contributed by atoms with Gasteiger partial charge < -0.3 is 10.1 Å². The van der Waals surface area contributed by atoms with E-state index in [9.17, 15) is 8.42 Å². The van der Waals surface area contributed by atoms with Crippen molar-refractivity contribution in [3.8, 4) is 5.75 Å². The lowest BCUT2D eigenvalue weighted by molar-refractivity contribution is 0.411. The molecule has 0 bridgehead atoms. The molecule has 0 aliphatic heterocycles. The zero-order chi connectivity index (χ0) is 17.7. The van der Waals surface area contributed by atoms with Gasteiger partial charge in [0.25, 0.3) is 10.0 Å². The Labute approximate surface area is 142 Å². The fraction of sp³-hybridized carbons (Fsp3) is 0.235. The van der Waals surface area contributed by atoms with Gasteiger partial charge in [0, 0.05) is 6.54 Å². The van der Waals surface area contributed by atoms with Crippen LogP contribution in [0, 0.1) is 13.8 Å². The molecule has 6 nitrogen and oxygen atoms in total. The molecule has 0 aliphatic rings. The summed E-state index contributed by atoms with van der Waals surface area (Å²) in [5.41, 5.74) is 2.14. The first kappa shape index (κ1) is 17.8. The quantitative estimate of drug-likeness (QED) is 0.752. The van der Waals surface area contributed by atoms with Crippen LogP contribution in [0.3, 0.4) is 0 Å². The first-order chi connectivity index (χ1) is 11.4. The van der Waals surface area contributed by atoms with Crippen molar-refractivity contribution in [3.63, 3.8) is 0 Å². The number of aryl methyl sites for hydroxylation is 2. The largest absolute Gasteiger partial charge is 0.496 e. The highest BCUT2D eigenvalue weighted by Gasteiger charge is 2.19. The highest BCUT2D eigenvalue weighted by atomic mass is 32.2. The Bertz CT molecular complexity index is 831. The van der Waals surface area contributed by atoms with Crippen LogP contribution in [0.5, 0.6) is 5.75 Å². The highest BCUT2D eigenvalue weighted by Crippen LogP contribution is 2.26. The van der Waals surface area contributed by atoms with Crippen LogP contribution in [-0.4, -0.2) is 27.1 Å². The minimum absolute atomic E-state index is 0.205. The number of pyridine rings is 1. The number of ether oxygens (including phenoxy) is 1. The van der Waals surface area contributed by atoms with Crippen LogP contribution in [0.2, 0.25) is 0 Å². The van der Waals surface area contributed by atoms with E-state index in [1.807, 2.05) is 0 Å². The molecule has 2 rings (SSSR count). The van der Waals surface area contributed by atoms with Gasteiger partial charge in [-0.1, -0.05) is 6.08 Å². The molecule has 1 heterocycles. The van der Waals surface area contributed by atoms with Gasteiger partial charge in [-0.05, 0) is 49.2 Å². The third kappa shape index (κ3) is 4.05. The molecular weight excluding hydrogens is 326 g/mol. The Balaban J connectivity index is 2.25. The monoisotopic (exact) mass is 347 g/mol. The van der Waals surface area contributed by atoms with Gasteiger partial charge in [0.1, 0.15) is 11.6 Å². The minimum Gasteiger partial charge on any atom is -0.496 e. The molecule has 128 valence electrons. The molecule has 0 radical (unpaired) electrons. The van der Waals surface area contributed by atoms with Crippen molar-refractivity contribution in [3.05, 3.63) is 54.2 Å². The number of sulfonamides is 1. The zero-order valence-corrected chi connectivity index (χ0v) is 14.8. The molecule has 0 aliphatic carbocycles. The number of benzene rings is 1. The van der Waals surface area contributed by atoms with Crippen LogP contribution < -0.4 is 14.8 Å². The molecule has 0 saturated carbocycles. The van der Waals surface area contributed by atoms with Crippen molar-refractivity contribution < 1.29 is 13.2 Å². The molecule has 1 aromatic heterocycles. The summed E-state index contributed by atoms with van der Waals surface area (Å²) in [6, 6.07) is 6.66. The second kappa shape index (κ2) is 7.35. The van der Waals surface area contributed by atoms with E-state index in [-0.39, 0.29) is 10.7 Å². The predicted octanol–water partition coefficient (Wildman–Crippen LogP) is 3.11. The van der Waals surface area contributed by atoms with Gasteiger partial charge in [-0.25, -0.2) is 13.4 Å². The first-order valence-corrected chi connectivity index (χ1v) is 8.84. The average molecular weight is 347 g/mol. The number of rotatable bonds is 7. The van der Waals surface area contributed by atoms with Gasteiger partial charge in [-0.15, -0.1) is 6.58 Å². The number of anilines is 2. The normalized spacial score (nSPS) is 11.0. The second-order valence-electron chi connectivity index (χ2n) is 5.29. The van der Waals surface area contributed by atoms with Crippen molar-refractivity contribution in [1.29, 1.82) is 0 Å². The van der Waals surface area contributed by atoms with Crippen LogP contribution in [0.4, 0.5) is 11.5 Å². The van der Waals surface area contributed by atoms with Crippen LogP contribution in [0.15, 0.2) is 48.0 Å². The molecule has 0 amide bonds. The molecule has 7 heteroatoms. The van der Waals surface area contributed by atoms with Crippen molar-refractivity contribution in [2.24, 2.45) is 0 Å². The molecule has 0 fully saturated rings. The number of nitrogens with one attached hydrogen (secondary N) is 2. The topological polar surface area (TPSA) is 80.3 Å². The lowest BCUT2D eigenvalue weighted by atomic mass is 10.1. The summed E-state index contributed by atoms with van der Waals surface area (Å²) in [4.78, 5) is 4.32. The Kier molecular flexibility index (Phi) is 5.46. The Morgan fingerprint density at radius 3 is 2.58 bits per heavy atom. The molecule has 0 atom stereocenters. The summed E-state index contributed by atoms with van der Waals surface area (Å²) < 4.78 is 32.9. The lowest BCUT2D eigenvalue weighted by Gasteiger charge is -2.13. The molecule has 0 spiro atoms. The number of aromatic nitrogens is 1.